The second-order valence-electron chi connectivity index (χ2n) is 4.02. The van der Waals surface area contributed by atoms with Gasteiger partial charge in [-0.1, -0.05) is 30.3 Å². The summed E-state index contributed by atoms with van der Waals surface area (Å²) in [6.07, 6.45) is 1.10. The number of benzene rings is 1. The first-order chi connectivity index (χ1) is 8.72. The summed E-state index contributed by atoms with van der Waals surface area (Å²) in [5, 5.41) is 10.4. The number of aliphatic hydroxyl groups is 1. The SMILES string of the molecule is CCOC(c1ccccc1)c1ncc(C(C)O)s1. The summed E-state index contributed by atoms with van der Waals surface area (Å²) in [5.41, 5.74) is 1.09. The van der Waals surface area contributed by atoms with Crippen molar-refractivity contribution in [2.45, 2.75) is 26.1 Å². The Morgan fingerprint density at radius 1 is 1.33 bits per heavy atom. The zero-order valence-electron chi connectivity index (χ0n) is 10.5. The number of aromatic nitrogens is 1. The quantitative estimate of drug-likeness (QED) is 0.899. The number of ether oxygens (including phenoxy) is 1. The molecule has 0 aliphatic carbocycles. The zero-order valence-corrected chi connectivity index (χ0v) is 11.4. The lowest BCUT2D eigenvalue weighted by Crippen LogP contribution is -2.05. The highest BCUT2D eigenvalue weighted by Gasteiger charge is 2.18. The Hall–Kier alpha value is -1.23. The molecule has 18 heavy (non-hydrogen) atoms. The highest BCUT2D eigenvalue weighted by Crippen LogP contribution is 2.31. The van der Waals surface area contributed by atoms with Crippen molar-refractivity contribution in [1.29, 1.82) is 0 Å². The van der Waals surface area contributed by atoms with Gasteiger partial charge in [0.2, 0.25) is 0 Å². The molecule has 0 saturated heterocycles. The van der Waals surface area contributed by atoms with Gasteiger partial charge in [0.1, 0.15) is 11.1 Å². The van der Waals surface area contributed by atoms with Gasteiger partial charge in [0.25, 0.3) is 0 Å². The molecule has 1 aromatic carbocycles. The van der Waals surface area contributed by atoms with Crippen LogP contribution in [0.3, 0.4) is 0 Å². The van der Waals surface area contributed by atoms with Gasteiger partial charge in [0.15, 0.2) is 0 Å². The normalized spacial score (nSPS) is 14.4. The maximum atomic E-state index is 9.55. The van der Waals surface area contributed by atoms with Gasteiger partial charge in [-0.05, 0) is 19.4 Å². The molecule has 96 valence electrons. The van der Waals surface area contributed by atoms with Crippen LogP contribution in [-0.4, -0.2) is 16.7 Å². The Balaban J connectivity index is 2.29. The molecular formula is C14H17NO2S. The summed E-state index contributed by atoms with van der Waals surface area (Å²) in [7, 11) is 0. The molecule has 1 heterocycles. The number of hydrogen-bond donors (Lipinski definition) is 1. The standard InChI is InChI=1S/C14H17NO2S/c1-3-17-13(11-7-5-4-6-8-11)14-15-9-12(18-14)10(2)16/h4-10,13,16H,3H2,1-2H3. The van der Waals surface area contributed by atoms with Crippen molar-refractivity contribution in [3.8, 4) is 0 Å². The molecule has 2 unspecified atom stereocenters. The Labute approximate surface area is 111 Å². The summed E-state index contributed by atoms with van der Waals surface area (Å²) < 4.78 is 5.77. The van der Waals surface area contributed by atoms with Gasteiger partial charge >= 0.3 is 0 Å². The molecule has 1 aromatic heterocycles. The summed E-state index contributed by atoms with van der Waals surface area (Å²) in [6, 6.07) is 10.0. The van der Waals surface area contributed by atoms with Gasteiger partial charge < -0.3 is 9.84 Å². The smallest absolute Gasteiger partial charge is 0.134 e. The lowest BCUT2D eigenvalue weighted by molar-refractivity contribution is 0.0911. The van der Waals surface area contributed by atoms with Gasteiger partial charge in [-0.25, -0.2) is 4.98 Å². The third-order valence-corrected chi connectivity index (χ3v) is 3.82. The largest absolute Gasteiger partial charge is 0.388 e. The molecule has 0 bridgehead atoms. The fraction of sp³-hybridized carbons (Fsp3) is 0.357. The molecule has 0 aliphatic rings. The van der Waals surface area contributed by atoms with E-state index in [-0.39, 0.29) is 6.10 Å². The first kappa shape index (κ1) is 13.2. The van der Waals surface area contributed by atoms with E-state index in [9.17, 15) is 5.11 Å². The topological polar surface area (TPSA) is 42.4 Å². The van der Waals surface area contributed by atoms with Crippen molar-refractivity contribution < 1.29 is 9.84 Å². The Morgan fingerprint density at radius 3 is 2.61 bits per heavy atom. The first-order valence-electron chi connectivity index (χ1n) is 6.02. The molecule has 4 heteroatoms. The summed E-state index contributed by atoms with van der Waals surface area (Å²) >= 11 is 1.50. The van der Waals surface area contributed by atoms with E-state index in [1.54, 1.807) is 13.1 Å². The third-order valence-electron chi connectivity index (χ3n) is 2.61. The molecule has 2 atom stereocenters. The highest BCUT2D eigenvalue weighted by atomic mass is 32.1. The van der Waals surface area contributed by atoms with Crippen molar-refractivity contribution in [1.82, 2.24) is 4.98 Å². The van der Waals surface area contributed by atoms with E-state index in [1.165, 1.54) is 11.3 Å². The Bertz CT molecular complexity index is 482. The van der Waals surface area contributed by atoms with E-state index in [2.05, 4.69) is 4.98 Å². The predicted octanol–water partition coefficient (Wildman–Crippen LogP) is 3.32. The van der Waals surface area contributed by atoms with Crippen molar-refractivity contribution >= 4 is 11.3 Å². The van der Waals surface area contributed by atoms with Gasteiger partial charge in [0.05, 0.1) is 11.0 Å². The molecule has 1 N–H and O–H groups in total. The molecule has 0 aliphatic heterocycles. The highest BCUT2D eigenvalue weighted by molar-refractivity contribution is 7.11. The Kier molecular flexibility index (Phi) is 4.47. The van der Waals surface area contributed by atoms with Crippen LogP contribution in [0.1, 0.15) is 41.5 Å². The average molecular weight is 263 g/mol. The molecule has 0 amide bonds. The molecule has 2 rings (SSSR count). The van der Waals surface area contributed by atoms with Gasteiger partial charge in [-0.15, -0.1) is 11.3 Å². The summed E-state index contributed by atoms with van der Waals surface area (Å²) in [5.74, 6) is 0. The molecule has 3 nitrogen and oxygen atoms in total. The molecule has 0 radical (unpaired) electrons. The maximum absolute atomic E-state index is 9.55. The lowest BCUT2D eigenvalue weighted by atomic mass is 10.1. The monoisotopic (exact) mass is 263 g/mol. The van der Waals surface area contributed by atoms with Crippen LogP contribution in [0.4, 0.5) is 0 Å². The Morgan fingerprint density at radius 2 is 2.06 bits per heavy atom. The van der Waals surface area contributed by atoms with Gasteiger partial charge in [0, 0.05) is 12.8 Å². The van der Waals surface area contributed by atoms with Crippen molar-refractivity contribution in [3.63, 3.8) is 0 Å². The van der Waals surface area contributed by atoms with E-state index in [1.807, 2.05) is 37.3 Å². The fourth-order valence-corrected chi connectivity index (χ4v) is 2.65. The number of nitrogens with zero attached hydrogens (tertiary/aromatic N) is 1. The van der Waals surface area contributed by atoms with Crippen molar-refractivity contribution in [3.05, 3.63) is 52.0 Å². The van der Waals surface area contributed by atoms with Crippen LogP contribution < -0.4 is 0 Å². The molecule has 0 spiro atoms. The average Bonchev–Trinajstić information content (AvgIpc) is 2.86. The summed E-state index contributed by atoms with van der Waals surface area (Å²) in [6.45, 7) is 4.35. The van der Waals surface area contributed by atoms with Crippen LogP contribution in [-0.2, 0) is 4.74 Å². The zero-order chi connectivity index (χ0) is 13.0. The molecule has 0 saturated carbocycles. The molecule has 2 aromatic rings. The van der Waals surface area contributed by atoms with Crippen LogP contribution in [0.25, 0.3) is 0 Å². The second kappa shape index (κ2) is 6.09. The molecule has 0 fully saturated rings. The number of thiazole rings is 1. The number of hydrogen-bond acceptors (Lipinski definition) is 4. The molecular weight excluding hydrogens is 246 g/mol. The van der Waals surface area contributed by atoms with E-state index < -0.39 is 6.10 Å². The fourth-order valence-electron chi connectivity index (χ4n) is 1.72. The lowest BCUT2D eigenvalue weighted by Gasteiger charge is -2.14. The maximum Gasteiger partial charge on any atom is 0.134 e. The van der Waals surface area contributed by atoms with Crippen molar-refractivity contribution in [2.24, 2.45) is 0 Å². The van der Waals surface area contributed by atoms with Crippen LogP contribution in [0.15, 0.2) is 36.5 Å². The summed E-state index contributed by atoms with van der Waals surface area (Å²) in [4.78, 5) is 5.23. The van der Waals surface area contributed by atoms with E-state index in [4.69, 9.17) is 4.74 Å². The minimum absolute atomic E-state index is 0.145. The predicted molar refractivity (Wildman–Crippen MR) is 72.7 cm³/mol. The number of aliphatic hydroxyl groups excluding tert-OH is 1. The third kappa shape index (κ3) is 2.96. The van der Waals surface area contributed by atoms with Crippen LogP contribution in [0.2, 0.25) is 0 Å². The van der Waals surface area contributed by atoms with Crippen LogP contribution >= 0.6 is 11.3 Å². The van der Waals surface area contributed by atoms with Crippen LogP contribution in [0, 0.1) is 0 Å². The minimum Gasteiger partial charge on any atom is -0.388 e. The van der Waals surface area contributed by atoms with Crippen molar-refractivity contribution in [2.75, 3.05) is 6.61 Å². The van der Waals surface area contributed by atoms with E-state index in [0.29, 0.717) is 6.61 Å². The number of rotatable bonds is 5. The van der Waals surface area contributed by atoms with Crippen LogP contribution in [0.5, 0.6) is 0 Å². The van der Waals surface area contributed by atoms with E-state index in [0.717, 1.165) is 15.4 Å². The minimum atomic E-state index is -0.478. The van der Waals surface area contributed by atoms with Gasteiger partial charge in [-0.2, -0.15) is 0 Å². The first-order valence-corrected chi connectivity index (χ1v) is 6.84. The van der Waals surface area contributed by atoms with Gasteiger partial charge in [-0.3, -0.25) is 0 Å². The van der Waals surface area contributed by atoms with E-state index >= 15 is 0 Å². The second-order valence-corrected chi connectivity index (χ2v) is 5.12.